The molecule has 0 aliphatic carbocycles. The smallest absolute Gasteiger partial charge is 0.421 e. The highest BCUT2D eigenvalue weighted by molar-refractivity contribution is 8.13. The maximum Gasteiger partial charge on any atom is 0.480 e. The minimum atomic E-state index is -6.72. The number of quaternary nitrogens is 2. The number of likely N-dealkylation sites (tertiary alicyclic amines) is 2. The van der Waals surface area contributed by atoms with E-state index < -0.39 is 62.1 Å². The van der Waals surface area contributed by atoms with Gasteiger partial charge in [-0.25, -0.2) is 33.7 Å². The Hall–Kier alpha value is -1.24. The lowest BCUT2D eigenvalue weighted by Crippen LogP contribution is -2.51. The summed E-state index contributed by atoms with van der Waals surface area (Å²) < 4.78 is 227. The van der Waals surface area contributed by atoms with Gasteiger partial charge in [-0.15, -0.1) is 0 Å². The second-order valence-electron chi connectivity index (χ2n) is 12.6. The Morgan fingerprint density at radius 2 is 0.673 bits per heavy atom. The first-order valence-electron chi connectivity index (χ1n) is 16.7. The van der Waals surface area contributed by atoms with Gasteiger partial charge in [0.15, 0.2) is 40.1 Å². The molecule has 2 heterocycles. The Labute approximate surface area is 313 Å². The van der Waals surface area contributed by atoms with Gasteiger partial charge in [0.2, 0.25) is 0 Å². The highest BCUT2D eigenvalue weighted by Crippen LogP contribution is 2.37. The van der Waals surface area contributed by atoms with Crippen molar-refractivity contribution >= 4 is 40.1 Å². The van der Waals surface area contributed by atoms with Gasteiger partial charge in [0, 0.05) is 13.2 Å². The average molecular weight is 915 g/mol. The summed E-state index contributed by atoms with van der Waals surface area (Å²) in [6.45, 7) is 17.9. The highest BCUT2D eigenvalue weighted by atomic mass is 32.3. The Bertz CT molecular complexity index is 1390. The quantitative estimate of drug-likeness (QED) is 0.0925. The van der Waals surface area contributed by atoms with Crippen LogP contribution in [0.3, 0.4) is 0 Å². The van der Waals surface area contributed by atoms with Crippen molar-refractivity contribution in [3.8, 4) is 0 Å². The van der Waals surface area contributed by atoms with Gasteiger partial charge >= 0.3 is 22.0 Å². The number of piperidine rings is 2. The Kier molecular flexibility index (Phi) is 20.7. The lowest BCUT2D eigenvalue weighted by atomic mass is 10.1. The maximum absolute atomic E-state index is 11.4. The van der Waals surface area contributed by atoms with Crippen LogP contribution >= 0.6 is 0 Å². The number of halogens is 12. The Morgan fingerprint density at radius 1 is 0.436 bits per heavy atom. The number of sulfonamides is 4. The molecule has 0 spiro atoms. The summed E-state index contributed by atoms with van der Waals surface area (Å²) in [4.78, 5) is 0. The van der Waals surface area contributed by atoms with Crippen LogP contribution in [0, 0.1) is 0 Å². The number of rotatable bonds is 16. The second kappa shape index (κ2) is 21.1. The van der Waals surface area contributed by atoms with Gasteiger partial charge in [0.05, 0.1) is 52.4 Å². The van der Waals surface area contributed by atoms with E-state index in [2.05, 4.69) is 13.8 Å². The third-order valence-electron chi connectivity index (χ3n) is 8.78. The van der Waals surface area contributed by atoms with E-state index in [1.54, 1.807) is 0 Å². The van der Waals surface area contributed by atoms with E-state index in [1.807, 2.05) is 0 Å². The SMILES string of the molecule is CC[N+]1(CCCCOCCCC[N+]2(CC)CCCCC2)CCCCC1.O=S(=O)([N-]S(=O)(=O)C(F)(F)F)C(F)(F)F.O=S(=O)([N-]S(=O)(=O)C(F)(F)F)C(F)(F)F. The molecule has 0 amide bonds. The monoisotopic (exact) mass is 914 g/mol. The molecular formula is C26H46F12N4O9S4. The zero-order chi connectivity index (χ0) is 43.3. The van der Waals surface area contributed by atoms with Crippen LogP contribution in [0.5, 0.6) is 0 Å². The van der Waals surface area contributed by atoms with E-state index in [0.29, 0.717) is 0 Å². The summed E-state index contributed by atoms with van der Waals surface area (Å²) in [6, 6.07) is 0. The molecule has 0 aromatic rings. The number of unbranched alkanes of at least 4 members (excludes halogenated alkanes) is 2. The van der Waals surface area contributed by atoms with Gasteiger partial charge in [-0.05, 0) is 78.1 Å². The van der Waals surface area contributed by atoms with Crippen LogP contribution in [-0.4, -0.2) is 130 Å². The van der Waals surface area contributed by atoms with Crippen molar-refractivity contribution in [3.05, 3.63) is 8.25 Å². The summed E-state index contributed by atoms with van der Waals surface area (Å²) >= 11 is 0. The summed E-state index contributed by atoms with van der Waals surface area (Å²) in [5.41, 5.74) is -24.8. The molecule has 0 N–H and O–H groups in total. The van der Waals surface area contributed by atoms with E-state index in [-0.39, 0.29) is 0 Å². The summed E-state index contributed by atoms with van der Waals surface area (Å²) in [7, 11) is -26.9. The minimum absolute atomic E-state index is 0.778. The largest absolute Gasteiger partial charge is 0.480 e. The molecule has 29 heteroatoms. The van der Waals surface area contributed by atoms with Gasteiger partial charge in [0.1, 0.15) is 0 Å². The molecule has 2 rings (SSSR count). The number of alkyl halides is 12. The number of ether oxygens (including phenoxy) is 1. The molecule has 0 unspecified atom stereocenters. The van der Waals surface area contributed by atoms with Gasteiger partial charge in [-0.2, -0.15) is 52.7 Å². The molecule has 332 valence electrons. The molecule has 55 heavy (non-hydrogen) atoms. The van der Waals surface area contributed by atoms with E-state index in [1.165, 1.54) is 126 Å². The zero-order valence-corrected chi connectivity index (χ0v) is 33.0. The second-order valence-corrected chi connectivity index (χ2v) is 19.5. The molecule has 0 bridgehead atoms. The maximum atomic E-state index is 11.4. The standard InChI is InChI=1S/C22H46N2O.2C2F6NO4S2/c1-3-23(15-7-5-8-16-23)19-11-13-21-25-22-14-12-20-24(4-2)17-9-6-10-18-24;2*3-1(4,5)14(10,11)9-15(12,13)2(6,7)8/h3-22H2,1-2H3;;/q+2;2*-1. The third kappa shape index (κ3) is 18.1. The predicted molar refractivity (Wildman–Crippen MR) is 174 cm³/mol. The van der Waals surface area contributed by atoms with Crippen LogP contribution < -0.4 is 0 Å². The van der Waals surface area contributed by atoms with Crippen molar-refractivity contribution in [1.82, 2.24) is 0 Å². The van der Waals surface area contributed by atoms with E-state index >= 15 is 0 Å². The first-order chi connectivity index (χ1) is 24.7. The molecule has 0 aromatic heterocycles. The average Bonchev–Trinajstić information content (AvgIpc) is 3.02. The van der Waals surface area contributed by atoms with Crippen LogP contribution in [-0.2, 0) is 44.8 Å². The fourth-order valence-corrected chi connectivity index (χ4v) is 9.01. The molecule has 0 aromatic carbocycles. The number of hydrogen-bond donors (Lipinski definition) is 0. The number of hydrogen-bond acceptors (Lipinski definition) is 9. The zero-order valence-electron chi connectivity index (χ0n) is 29.8. The number of nitrogens with zero attached hydrogens (tertiary/aromatic N) is 4. The fraction of sp³-hybridized carbons (Fsp3) is 1.00. The normalized spacial score (nSPS) is 18.7. The lowest BCUT2D eigenvalue weighted by Gasteiger charge is -2.41. The van der Waals surface area contributed by atoms with Crippen LogP contribution in [0.1, 0.15) is 78.1 Å². The lowest BCUT2D eigenvalue weighted by molar-refractivity contribution is -0.931. The molecule has 0 radical (unpaired) electrons. The topological polar surface area (TPSA) is 174 Å². The van der Waals surface area contributed by atoms with Crippen molar-refractivity contribution in [1.29, 1.82) is 0 Å². The molecular weight excluding hydrogens is 869 g/mol. The fourth-order valence-electron chi connectivity index (χ4n) is 5.59. The van der Waals surface area contributed by atoms with Gasteiger partial charge in [0.25, 0.3) is 0 Å². The molecule has 0 atom stereocenters. The minimum Gasteiger partial charge on any atom is -0.421 e. The third-order valence-corrected chi connectivity index (χ3v) is 14.3. The van der Waals surface area contributed by atoms with Gasteiger partial charge in [-0.1, -0.05) is 0 Å². The predicted octanol–water partition coefficient (Wildman–Crippen LogP) is 6.72. The molecule has 0 saturated carbocycles. The Balaban J connectivity index is 0.000000846. The van der Waals surface area contributed by atoms with Crippen LogP contribution in [0.15, 0.2) is 0 Å². The van der Waals surface area contributed by atoms with Crippen molar-refractivity contribution in [2.24, 2.45) is 0 Å². The molecule has 2 saturated heterocycles. The Morgan fingerprint density at radius 3 is 0.873 bits per heavy atom. The highest BCUT2D eigenvalue weighted by Gasteiger charge is 2.48. The molecule has 2 fully saturated rings. The van der Waals surface area contributed by atoms with E-state index in [9.17, 15) is 86.4 Å². The van der Waals surface area contributed by atoms with Crippen molar-refractivity contribution < 1.29 is 100 Å². The summed E-state index contributed by atoms with van der Waals surface area (Å²) in [6.07, 6.45) is 13.9. The van der Waals surface area contributed by atoms with Gasteiger partial charge in [-0.3, -0.25) is 0 Å². The van der Waals surface area contributed by atoms with E-state index in [4.69, 9.17) is 4.74 Å². The first-order valence-corrected chi connectivity index (χ1v) is 22.4. The molecule has 2 aliphatic rings. The van der Waals surface area contributed by atoms with Gasteiger partial charge < -0.3 is 22.0 Å². The van der Waals surface area contributed by atoms with Crippen molar-refractivity contribution in [3.63, 3.8) is 0 Å². The first kappa shape index (κ1) is 53.8. The summed E-state index contributed by atoms with van der Waals surface area (Å²) in [5, 5.41) is 0. The van der Waals surface area contributed by atoms with Crippen LogP contribution in [0.4, 0.5) is 52.7 Å². The van der Waals surface area contributed by atoms with Crippen molar-refractivity contribution in [2.75, 3.05) is 65.6 Å². The van der Waals surface area contributed by atoms with E-state index in [0.717, 1.165) is 21.5 Å². The van der Waals surface area contributed by atoms with Crippen LogP contribution in [0.25, 0.3) is 8.25 Å². The summed E-state index contributed by atoms with van der Waals surface area (Å²) in [5.74, 6) is 0. The molecule has 13 nitrogen and oxygen atoms in total. The van der Waals surface area contributed by atoms with Crippen molar-refractivity contribution in [2.45, 2.75) is 100 Å². The van der Waals surface area contributed by atoms with Crippen LogP contribution in [0.2, 0.25) is 0 Å². The molecule has 2 aliphatic heterocycles.